The van der Waals surface area contributed by atoms with Crippen LogP contribution in [0.5, 0.6) is 0 Å². The van der Waals surface area contributed by atoms with Crippen LogP contribution in [0.4, 0.5) is 0 Å². The van der Waals surface area contributed by atoms with Crippen molar-refractivity contribution in [2.24, 2.45) is 5.73 Å². The first kappa shape index (κ1) is 12.6. The number of rotatable bonds is 3. The molecule has 0 radical (unpaired) electrons. The molecule has 4 heteroatoms. The van der Waals surface area contributed by atoms with E-state index in [9.17, 15) is 0 Å². The minimum atomic E-state index is -0.192. The van der Waals surface area contributed by atoms with Crippen molar-refractivity contribution in [3.63, 3.8) is 0 Å². The van der Waals surface area contributed by atoms with E-state index in [2.05, 4.69) is 22.1 Å². The molecule has 0 fully saturated rings. The number of hydrogen-bond donors (Lipinski definition) is 1. The first-order valence-corrected chi connectivity index (χ1v) is 6.12. The maximum absolute atomic E-state index is 6.35. The Labute approximate surface area is 107 Å². The van der Waals surface area contributed by atoms with Crippen molar-refractivity contribution in [3.8, 4) is 0 Å². The lowest BCUT2D eigenvalue weighted by Crippen LogP contribution is -2.17. The molecule has 18 heavy (non-hydrogen) atoms. The Kier molecular flexibility index (Phi) is 3.67. The zero-order chi connectivity index (χ0) is 13.1. The smallest absolute Gasteiger partial charge is 0.0679 e. The van der Waals surface area contributed by atoms with E-state index in [1.54, 1.807) is 6.20 Å². The normalized spacial score (nSPS) is 12.4. The fourth-order valence-corrected chi connectivity index (χ4v) is 2.05. The Hall–Kier alpha value is -1.81. The van der Waals surface area contributed by atoms with Gasteiger partial charge in [-0.3, -0.25) is 4.98 Å². The fraction of sp³-hybridized carbons (Fsp3) is 0.357. The Morgan fingerprint density at radius 1 is 1.22 bits per heavy atom. The molecule has 0 aliphatic heterocycles. The molecule has 1 unspecified atom stereocenters. The van der Waals surface area contributed by atoms with Crippen molar-refractivity contribution in [1.29, 1.82) is 0 Å². The third-order valence-electron chi connectivity index (χ3n) is 3.11. The second kappa shape index (κ2) is 5.23. The molecule has 0 bridgehead atoms. The van der Waals surface area contributed by atoms with Crippen molar-refractivity contribution in [1.82, 2.24) is 15.2 Å². The van der Waals surface area contributed by atoms with Crippen molar-refractivity contribution in [2.75, 3.05) is 0 Å². The Morgan fingerprint density at radius 2 is 2.00 bits per heavy atom. The summed E-state index contributed by atoms with van der Waals surface area (Å²) in [5.74, 6) is 0. The van der Waals surface area contributed by atoms with Gasteiger partial charge >= 0.3 is 0 Å². The maximum atomic E-state index is 6.35. The van der Waals surface area contributed by atoms with Gasteiger partial charge in [-0.05, 0) is 49.1 Å². The van der Waals surface area contributed by atoms with Crippen LogP contribution in [-0.2, 0) is 6.42 Å². The van der Waals surface area contributed by atoms with Crippen LogP contribution in [0.3, 0.4) is 0 Å². The predicted molar refractivity (Wildman–Crippen MR) is 71.2 cm³/mol. The third kappa shape index (κ3) is 2.38. The van der Waals surface area contributed by atoms with Gasteiger partial charge < -0.3 is 5.73 Å². The van der Waals surface area contributed by atoms with Gasteiger partial charge in [0.25, 0.3) is 0 Å². The maximum Gasteiger partial charge on any atom is 0.0679 e. The van der Waals surface area contributed by atoms with Gasteiger partial charge in [-0.2, -0.15) is 10.2 Å². The summed E-state index contributed by atoms with van der Waals surface area (Å²) in [6.45, 7) is 6.04. The average Bonchev–Trinajstić information content (AvgIpc) is 2.38. The van der Waals surface area contributed by atoms with E-state index in [1.165, 1.54) is 0 Å². The van der Waals surface area contributed by atoms with Crippen LogP contribution in [0.1, 0.15) is 41.0 Å². The van der Waals surface area contributed by atoms with Crippen LogP contribution in [-0.4, -0.2) is 15.2 Å². The van der Waals surface area contributed by atoms with Gasteiger partial charge in [0.1, 0.15) is 0 Å². The zero-order valence-electron chi connectivity index (χ0n) is 11.0. The van der Waals surface area contributed by atoms with Gasteiger partial charge in [0.05, 0.1) is 17.4 Å². The summed E-state index contributed by atoms with van der Waals surface area (Å²) in [5.41, 5.74) is 11.4. The van der Waals surface area contributed by atoms with E-state index in [-0.39, 0.29) is 6.04 Å². The largest absolute Gasteiger partial charge is 0.320 e. The van der Waals surface area contributed by atoms with E-state index in [0.717, 1.165) is 34.5 Å². The van der Waals surface area contributed by atoms with Crippen molar-refractivity contribution in [3.05, 3.63) is 52.6 Å². The second-order valence-electron chi connectivity index (χ2n) is 4.45. The zero-order valence-corrected chi connectivity index (χ0v) is 11.0. The monoisotopic (exact) mass is 242 g/mol. The summed E-state index contributed by atoms with van der Waals surface area (Å²) in [4.78, 5) is 4.15. The molecule has 0 saturated carbocycles. The van der Waals surface area contributed by atoms with Gasteiger partial charge in [0.2, 0.25) is 0 Å². The van der Waals surface area contributed by atoms with E-state index in [1.807, 2.05) is 32.2 Å². The predicted octanol–water partition coefficient (Wildman–Crippen LogP) is 2.10. The summed E-state index contributed by atoms with van der Waals surface area (Å²) in [5, 5.41) is 8.31. The van der Waals surface area contributed by atoms with Crippen LogP contribution in [0.25, 0.3) is 0 Å². The Balaban J connectivity index is 2.48. The lowest BCUT2D eigenvalue weighted by Gasteiger charge is -2.17. The van der Waals surface area contributed by atoms with Crippen LogP contribution in [0.2, 0.25) is 0 Å². The second-order valence-corrected chi connectivity index (χ2v) is 4.45. The Bertz CT molecular complexity index is 551. The number of aryl methyl sites for hydroxylation is 3. The van der Waals surface area contributed by atoms with E-state index >= 15 is 0 Å². The van der Waals surface area contributed by atoms with Gasteiger partial charge in [-0.25, -0.2) is 0 Å². The molecular weight excluding hydrogens is 224 g/mol. The van der Waals surface area contributed by atoms with Crippen LogP contribution >= 0.6 is 0 Å². The highest BCUT2D eigenvalue weighted by Gasteiger charge is 2.16. The van der Waals surface area contributed by atoms with Crippen molar-refractivity contribution >= 4 is 0 Å². The number of nitrogens with zero attached hydrogens (tertiary/aromatic N) is 3. The third-order valence-corrected chi connectivity index (χ3v) is 3.11. The number of pyridine rings is 1. The number of aromatic nitrogens is 3. The lowest BCUT2D eigenvalue weighted by atomic mass is 9.95. The van der Waals surface area contributed by atoms with E-state index < -0.39 is 0 Å². The minimum Gasteiger partial charge on any atom is -0.320 e. The summed E-state index contributed by atoms with van der Waals surface area (Å²) >= 11 is 0. The molecule has 2 heterocycles. The summed E-state index contributed by atoms with van der Waals surface area (Å²) in [6, 6.07) is 3.80. The number of hydrogen-bond acceptors (Lipinski definition) is 4. The van der Waals surface area contributed by atoms with Gasteiger partial charge in [0, 0.05) is 12.4 Å². The van der Waals surface area contributed by atoms with Crippen LogP contribution < -0.4 is 5.73 Å². The topological polar surface area (TPSA) is 64.7 Å². The number of nitrogens with two attached hydrogens (primary N) is 1. The molecule has 0 amide bonds. The molecule has 4 nitrogen and oxygen atoms in total. The molecule has 0 aliphatic carbocycles. The fourth-order valence-electron chi connectivity index (χ4n) is 2.05. The van der Waals surface area contributed by atoms with Crippen molar-refractivity contribution < 1.29 is 0 Å². The highest BCUT2D eigenvalue weighted by atomic mass is 15.1. The standard InChI is InChI=1S/C14H18N4/c1-4-13-11(7-10(3)17-18-13)14(15)12-8-16-6-5-9(12)2/h5-8,14H,4,15H2,1-3H3. The molecule has 2 aromatic heterocycles. The molecule has 2 aromatic rings. The highest BCUT2D eigenvalue weighted by Crippen LogP contribution is 2.24. The minimum absolute atomic E-state index is 0.192. The van der Waals surface area contributed by atoms with Crippen LogP contribution in [0.15, 0.2) is 24.5 Å². The molecule has 0 spiro atoms. The molecule has 2 N–H and O–H groups in total. The van der Waals surface area contributed by atoms with Crippen molar-refractivity contribution in [2.45, 2.75) is 33.2 Å². The van der Waals surface area contributed by atoms with E-state index in [4.69, 9.17) is 5.73 Å². The molecule has 2 rings (SSSR count). The molecule has 0 aliphatic rings. The first-order chi connectivity index (χ1) is 8.63. The molecule has 94 valence electrons. The average molecular weight is 242 g/mol. The van der Waals surface area contributed by atoms with Gasteiger partial charge in [0.15, 0.2) is 0 Å². The summed E-state index contributed by atoms with van der Waals surface area (Å²) in [6.07, 6.45) is 4.44. The Morgan fingerprint density at radius 3 is 2.67 bits per heavy atom. The van der Waals surface area contributed by atoms with Gasteiger partial charge in [-0.15, -0.1) is 0 Å². The molecule has 1 atom stereocenters. The molecule has 0 saturated heterocycles. The summed E-state index contributed by atoms with van der Waals surface area (Å²) < 4.78 is 0. The quantitative estimate of drug-likeness (QED) is 0.895. The van der Waals surface area contributed by atoms with E-state index in [0.29, 0.717) is 0 Å². The lowest BCUT2D eigenvalue weighted by molar-refractivity contribution is 0.782. The molecular formula is C14H18N4. The highest BCUT2D eigenvalue weighted by molar-refractivity contribution is 5.36. The molecule has 0 aromatic carbocycles. The SMILES string of the molecule is CCc1nnc(C)cc1C(N)c1cnccc1C. The van der Waals surface area contributed by atoms with Gasteiger partial charge in [-0.1, -0.05) is 6.92 Å². The summed E-state index contributed by atoms with van der Waals surface area (Å²) in [7, 11) is 0. The first-order valence-electron chi connectivity index (χ1n) is 6.12. The van der Waals surface area contributed by atoms with Crippen LogP contribution in [0, 0.1) is 13.8 Å².